The van der Waals surface area contributed by atoms with Crippen LogP contribution in [-0.2, 0) is 4.79 Å². The fourth-order valence-electron chi connectivity index (χ4n) is 7.19. The lowest BCUT2D eigenvalue weighted by atomic mass is 9.49. The van der Waals surface area contributed by atoms with Gasteiger partial charge in [0, 0.05) is 11.1 Å². The van der Waals surface area contributed by atoms with E-state index in [2.05, 4.69) is 20.5 Å². The molecule has 4 aliphatic rings. The van der Waals surface area contributed by atoms with Crippen molar-refractivity contribution in [2.75, 3.05) is 5.32 Å². The van der Waals surface area contributed by atoms with Gasteiger partial charge in [0.2, 0.25) is 11.9 Å². The van der Waals surface area contributed by atoms with E-state index in [9.17, 15) is 9.59 Å². The van der Waals surface area contributed by atoms with Gasteiger partial charge in [0.15, 0.2) is 5.65 Å². The minimum atomic E-state index is -0.338. The van der Waals surface area contributed by atoms with Crippen molar-refractivity contribution >= 4 is 34.4 Å². The van der Waals surface area contributed by atoms with Gasteiger partial charge >= 0.3 is 0 Å². The van der Waals surface area contributed by atoms with Gasteiger partial charge in [-0.15, -0.1) is 0 Å². The molecule has 36 heavy (non-hydrogen) atoms. The summed E-state index contributed by atoms with van der Waals surface area (Å²) in [6, 6.07) is 9.00. The molecule has 184 valence electrons. The number of hydrogen-bond acceptors (Lipinski definition) is 5. The number of carbonyl (C=O) groups excluding carboxylic acids is 1. The predicted octanol–water partition coefficient (Wildman–Crippen LogP) is 4.41. The Hall–Kier alpha value is -3.46. The number of benzene rings is 1. The first kappa shape index (κ1) is 21.8. The van der Waals surface area contributed by atoms with Crippen molar-refractivity contribution in [2.45, 2.75) is 45.4 Å². The van der Waals surface area contributed by atoms with Crippen molar-refractivity contribution in [3.05, 3.63) is 57.6 Å². The van der Waals surface area contributed by atoms with Gasteiger partial charge < -0.3 is 5.32 Å². The average molecular weight is 504 g/mol. The van der Waals surface area contributed by atoms with Crippen molar-refractivity contribution in [1.82, 2.24) is 29.5 Å². The minimum Gasteiger partial charge on any atom is -0.310 e. The second-order valence-corrected chi connectivity index (χ2v) is 11.3. The summed E-state index contributed by atoms with van der Waals surface area (Å²) in [5, 5.41) is 13.0. The Kier molecular flexibility index (Phi) is 4.70. The normalized spacial score (nSPS) is 26.6. The lowest BCUT2D eigenvalue weighted by molar-refractivity contribution is -0.140. The van der Waals surface area contributed by atoms with E-state index in [1.54, 1.807) is 16.8 Å². The van der Waals surface area contributed by atoms with Crippen molar-refractivity contribution in [3.63, 3.8) is 0 Å². The van der Waals surface area contributed by atoms with Gasteiger partial charge in [-0.05, 0) is 81.4 Å². The van der Waals surface area contributed by atoms with E-state index in [4.69, 9.17) is 16.6 Å². The number of hydrogen-bond donors (Lipinski definition) is 2. The number of nitrogens with zero attached hydrogens (tertiary/aromatic N) is 5. The summed E-state index contributed by atoms with van der Waals surface area (Å²) >= 11 is 6.17. The third-order valence-corrected chi connectivity index (χ3v) is 8.51. The van der Waals surface area contributed by atoms with Crippen LogP contribution in [0, 0.1) is 30.1 Å². The molecular formula is C26H26ClN7O2. The molecule has 4 aromatic rings. The van der Waals surface area contributed by atoms with Crippen LogP contribution < -0.4 is 10.9 Å². The molecule has 0 radical (unpaired) electrons. The summed E-state index contributed by atoms with van der Waals surface area (Å²) in [6.07, 6.45) is 8.21. The molecule has 2 N–H and O–H groups in total. The summed E-state index contributed by atoms with van der Waals surface area (Å²) in [7, 11) is 0. The summed E-state index contributed by atoms with van der Waals surface area (Å²) in [5.74, 6) is 2.78. The highest BCUT2D eigenvalue weighted by Crippen LogP contribution is 2.60. The highest BCUT2D eigenvalue weighted by atomic mass is 35.5. The van der Waals surface area contributed by atoms with E-state index in [0.29, 0.717) is 51.0 Å². The van der Waals surface area contributed by atoms with Crippen LogP contribution in [0.1, 0.15) is 44.2 Å². The largest absolute Gasteiger partial charge is 0.310 e. The lowest BCUT2D eigenvalue weighted by Gasteiger charge is -2.55. The third-order valence-electron chi connectivity index (χ3n) is 8.27. The van der Waals surface area contributed by atoms with Crippen LogP contribution in [0.4, 0.5) is 5.82 Å². The highest BCUT2D eigenvalue weighted by Gasteiger charge is 2.54. The van der Waals surface area contributed by atoms with E-state index in [1.807, 2.05) is 25.1 Å². The van der Waals surface area contributed by atoms with Crippen molar-refractivity contribution in [2.24, 2.45) is 23.2 Å². The Labute approximate surface area is 211 Å². The zero-order valence-electron chi connectivity index (χ0n) is 19.9. The van der Waals surface area contributed by atoms with Gasteiger partial charge in [0.25, 0.3) is 5.56 Å². The maximum atomic E-state index is 13.7. The Morgan fingerprint density at radius 2 is 1.83 bits per heavy atom. The Bertz CT molecular complexity index is 1550. The molecule has 9 nitrogen and oxygen atoms in total. The quantitative estimate of drug-likeness (QED) is 0.428. The van der Waals surface area contributed by atoms with Crippen LogP contribution in [0.5, 0.6) is 0 Å². The molecule has 4 aliphatic carbocycles. The maximum Gasteiger partial charge on any atom is 0.263 e. The van der Waals surface area contributed by atoms with Gasteiger partial charge in [-0.1, -0.05) is 17.7 Å². The summed E-state index contributed by atoms with van der Waals surface area (Å²) in [6.45, 7) is 1.85. The number of aromatic amines is 1. The maximum absolute atomic E-state index is 13.7. The fourth-order valence-corrected chi connectivity index (χ4v) is 7.38. The number of amides is 1. The molecule has 0 saturated heterocycles. The Morgan fingerprint density at radius 1 is 1.11 bits per heavy atom. The molecular weight excluding hydrogens is 478 g/mol. The second-order valence-electron chi connectivity index (χ2n) is 10.9. The smallest absolute Gasteiger partial charge is 0.263 e. The summed E-state index contributed by atoms with van der Waals surface area (Å²) in [4.78, 5) is 34.2. The van der Waals surface area contributed by atoms with Crippen molar-refractivity contribution in [3.8, 4) is 11.6 Å². The molecule has 4 saturated carbocycles. The van der Waals surface area contributed by atoms with E-state index >= 15 is 0 Å². The van der Waals surface area contributed by atoms with E-state index in [0.717, 1.165) is 19.3 Å². The van der Waals surface area contributed by atoms with E-state index in [-0.39, 0.29) is 22.8 Å². The number of aryl methyl sites for hydroxylation is 1. The first-order valence-corrected chi connectivity index (χ1v) is 12.9. The van der Waals surface area contributed by atoms with Gasteiger partial charge in [0.05, 0.1) is 23.0 Å². The molecule has 0 atom stereocenters. The van der Waals surface area contributed by atoms with Gasteiger partial charge in [0.1, 0.15) is 11.2 Å². The average Bonchev–Trinajstić information content (AvgIpc) is 3.42. The van der Waals surface area contributed by atoms with Crippen LogP contribution in [0.3, 0.4) is 0 Å². The van der Waals surface area contributed by atoms with Crippen molar-refractivity contribution < 1.29 is 4.79 Å². The number of nitrogens with one attached hydrogen (secondary N) is 2. The van der Waals surface area contributed by atoms with Crippen LogP contribution in [0.2, 0.25) is 5.02 Å². The second kappa shape index (κ2) is 7.77. The van der Waals surface area contributed by atoms with Crippen molar-refractivity contribution in [1.29, 1.82) is 0 Å². The molecule has 8 rings (SSSR count). The number of aromatic nitrogens is 6. The fraction of sp³-hybridized carbons (Fsp3) is 0.423. The first-order chi connectivity index (χ1) is 17.4. The molecule has 3 heterocycles. The van der Waals surface area contributed by atoms with E-state index in [1.165, 1.54) is 30.1 Å². The third kappa shape index (κ3) is 3.40. The van der Waals surface area contributed by atoms with Gasteiger partial charge in [-0.3, -0.25) is 14.6 Å². The van der Waals surface area contributed by atoms with Crippen LogP contribution >= 0.6 is 11.6 Å². The SMILES string of the molecule is Cc1cc(NC(=O)C23CC4CC(CC(C4)C2)C3)n(-c2nc3c(cnn3-c3cccc(Cl)c3)c(=O)[nH]2)n1. The minimum absolute atomic E-state index is 0.0649. The van der Waals surface area contributed by atoms with Crippen LogP contribution in [0.25, 0.3) is 22.7 Å². The zero-order valence-corrected chi connectivity index (χ0v) is 20.6. The summed E-state index contributed by atoms with van der Waals surface area (Å²) in [5.41, 5.74) is 1.14. The topological polar surface area (TPSA) is 110 Å². The number of anilines is 1. The summed E-state index contributed by atoms with van der Waals surface area (Å²) < 4.78 is 3.08. The zero-order chi connectivity index (χ0) is 24.6. The molecule has 4 fully saturated rings. The number of H-pyrrole nitrogens is 1. The molecule has 0 aliphatic heterocycles. The number of halogens is 1. The van der Waals surface area contributed by atoms with Gasteiger partial charge in [-0.25, -0.2) is 4.68 Å². The standard InChI is InChI=1S/C26H26ClN7O2/c1-14-5-21(29-24(36)26-10-15-6-16(11-26)8-17(7-15)12-26)34(32-14)25-30-22-20(23(35)31-25)13-28-33(22)19-4-2-3-18(27)9-19/h2-5,9,13,15-17H,6-8,10-12H2,1H3,(H,29,36)(H,30,31,35). The predicted molar refractivity (Wildman–Crippen MR) is 136 cm³/mol. The first-order valence-electron chi connectivity index (χ1n) is 12.5. The van der Waals surface area contributed by atoms with Gasteiger partial charge in [-0.2, -0.15) is 19.9 Å². The molecule has 0 spiro atoms. The number of rotatable bonds is 4. The molecule has 10 heteroatoms. The van der Waals surface area contributed by atoms with E-state index < -0.39 is 0 Å². The highest BCUT2D eigenvalue weighted by molar-refractivity contribution is 6.30. The number of carbonyl (C=O) groups is 1. The molecule has 1 aromatic carbocycles. The Balaban J connectivity index is 1.27. The monoisotopic (exact) mass is 503 g/mol. The van der Waals surface area contributed by atoms with Crippen LogP contribution in [-0.4, -0.2) is 35.4 Å². The number of fused-ring (bicyclic) bond motifs is 1. The molecule has 4 bridgehead atoms. The Morgan fingerprint density at radius 3 is 2.53 bits per heavy atom. The molecule has 1 amide bonds. The van der Waals surface area contributed by atoms with Crippen LogP contribution in [0.15, 0.2) is 41.3 Å². The molecule has 0 unspecified atom stereocenters. The molecule has 3 aromatic heterocycles. The lowest BCUT2D eigenvalue weighted by Crippen LogP contribution is -2.51.